The van der Waals surface area contributed by atoms with E-state index in [4.69, 9.17) is 16.3 Å². The van der Waals surface area contributed by atoms with Crippen molar-refractivity contribution in [3.05, 3.63) is 77.5 Å². The van der Waals surface area contributed by atoms with E-state index >= 15 is 0 Å². The SMILES string of the molecule is C=C(C)c1cnc(-c2cc(Cl)ccc2F)cc1Nc1ccncc1C(=O)N1CCOCC1. The van der Waals surface area contributed by atoms with E-state index in [9.17, 15) is 9.18 Å². The van der Waals surface area contributed by atoms with Crippen LogP contribution in [0.25, 0.3) is 16.8 Å². The molecule has 0 radical (unpaired) electrons. The summed E-state index contributed by atoms with van der Waals surface area (Å²) in [7, 11) is 0. The van der Waals surface area contributed by atoms with Crippen LogP contribution in [0.15, 0.2) is 55.5 Å². The van der Waals surface area contributed by atoms with Gasteiger partial charge in [-0.2, -0.15) is 0 Å². The third kappa shape index (κ3) is 4.64. The quantitative estimate of drug-likeness (QED) is 0.577. The number of benzene rings is 1. The van der Waals surface area contributed by atoms with Crippen LogP contribution in [-0.4, -0.2) is 47.1 Å². The molecule has 8 heteroatoms. The Labute approximate surface area is 190 Å². The predicted octanol–water partition coefficient (Wildman–Crippen LogP) is 5.19. The molecule has 1 fully saturated rings. The second-order valence-corrected chi connectivity index (χ2v) is 7.91. The van der Waals surface area contributed by atoms with E-state index in [2.05, 4.69) is 21.9 Å². The fourth-order valence-corrected chi connectivity index (χ4v) is 3.67. The molecule has 1 saturated heterocycles. The van der Waals surface area contributed by atoms with Crippen LogP contribution >= 0.6 is 11.6 Å². The molecule has 1 aromatic carbocycles. The van der Waals surface area contributed by atoms with Crippen molar-refractivity contribution in [3.8, 4) is 11.3 Å². The van der Waals surface area contributed by atoms with Crippen LogP contribution in [-0.2, 0) is 4.74 Å². The number of hydrogen-bond donors (Lipinski definition) is 1. The average Bonchev–Trinajstić information content (AvgIpc) is 2.81. The van der Waals surface area contributed by atoms with Crippen molar-refractivity contribution >= 4 is 34.5 Å². The molecule has 6 nitrogen and oxygen atoms in total. The van der Waals surface area contributed by atoms with Crippen LogP contribution in [0.2, 0.25) is 5.02 Å². The van der Waals surface area contributed by atoms with Crippen LogP contribution < -0.4 is 5.32 Å². The maximum Gasteiger partial charge on any atom is 0.257 e. The van der Waals surface area contributed by atoms with Crippen molar-refractivity contribution in [2.75, 3.05) is 31.6 Å². The normalized spacial score (nSPS) is 13.7. The third-order valence-corrected chi connectivity index (χ3v) is 5.42. The Balaban J connectivity index is 1.73. The minimum atomic E-state index is -0.428. The molecule has 3 aromatic rings. The van der Waals surface area contributed by atoms with Crippen LogP contribution in [0, 0.1) is 5.82 Å². The van der Waals surface area contributed by atoms with Gasteiger partial charge in [0.1, 0.15) is 5.82 Å². The highest BCUT2D eigenvalue weighted by Crippen LogP contribution is 2.32. The maximum atomic E-state index is 14.4. The Hall–Kier alpha value is -3.29. The maximum absolute atomic E-state index is 14.4. The van der Waals surface area contributed by atoms with Gasteiger partial charge in [0.05, 0.1) is 30.2 Å². The molecular weight excluding hydrogens is 431 g/mol. The molecule has 164 valence electrons. The van der Waals surface area contributed by atoms with Gasteiger partial charge in [-0.3, -0.25) is 14.8 Å². The summed E-state index contributed by atoms with van der Waals surface area (Å²) in [5, 5.41) is 3.72. The van der Waals surface area contributed by atoms with Gasteiger partial charge in [-0.15, -0.1) is 0 Å². The molecule has 32 heavy (non-hydrogen) atoms. The van der Waals surface area contributed by atoms with Crippen molar-refractivity contribution in [3.63, 3.8) is 0 Å². The predicted molar refractivity (Wildman–Crippen MR) is 124 cm³/mol. The van der Waals surface area contributed by atoms with Crippen LogP contribution in [0.4, 0.5) is 15.8 Å². The van der Waals surface area contributed by atoms with Gasteiger partial charge in [0, 0.05) is 53.5 Å². The number of nitrogens with one attached hydrogen (secondary N) is 1. The zero-order chi connectivity index (χ0) is 22.7. The summed E-state index contributed by atoms with van der Waals surface area (Å²) in [6, 6.07) is 7.78. The fourth-order valence-electron chi connectivity index (χ4n) is 3.50. The molecule has 0 atom stereocenters. The number of carbonyl (C=O) groups is 1. The third-order valence-electron chi connectivity index (χ3n) is 5.19. The number of nitrogens with zero attached hydrogens (tertiary/aromatic N) is 3. The number of ether oxygens (including phenoxy) is 1. The zero-order valence-electron chi connectivity index (χ0n) is 17.6. The Morgan fingerprint density at radius 2 is 1.94 bits per heavy atom. The van der Waals surface area contributed by atoms with Crippen LogP contribution in [0.1, 0.15) is 22.8 Å². The molecule has 3 heterocycles. The first-order valence-electron chi connectivity index (χ1n) is 10.1. The van der Waals surface area contributed by atoms with Gasteiger partial charge >= 0.3 is 0 Å². The molecule has 0 aliphatic carbocycles. The zero-order valence-corrected chi connectivity index (χ0v) is 18.3. The number of morpholine rings is 1. The van der Waals surface area contributed by atoms with E-state index in [1.54, 1.807) is 35.6 Å². The second-order valence-electron chi connectivity index (χ2n) is 7.47. The first-order valence-corrected chi connectivity index (χ1v) is 10.5. The van der Waals surface area contributed by atoms with Crippen molar-refractivity contribution in [2.45, 2.75) is 6.92 Å². The van der Waals surface area contributed by atoms with E-state index in [-0.39, 0.29) is 11.5 Å². The first kappa shape index (κ1) is 21.9. The summed E-state index contributed by atoms with van der Waals surface area (Å²) in [6.45, 7) is 7.94. The number of rotatable bonds is 5. The van der Waals surface area contributed by atoms with Gasteiger partial charge in [0.25, 0.3) is 5.91 Å². The molecule has 4 rings (SSSR count). The van der Waals surface area contributed by atoms with Gasteiger partial charge in [0.2, 0.25) is 0 Å². The number of pyridine rings is 2. The number of amides is 1. The highest BCUT2D eigenvalue weighted by atomic mass is 35.5. The minimum Gasteiger partial charge on any atom is -0.378 e. The molecule has 0 unspecified atom stereocenters. The lowest BCUT2D eigenvalue weighted by atomic mass is 10.0. The summed E-state index contributed by atoms with van der Waals surface area (Å²) < 4.78 is 19.8. The molecular formula is C24H22ClFN4O2. The Morgan fingerprint density at radius 3 is 2.69 bits per heavy atom. The molecule has 1 amide bonds. The van der Waals surface area contributed by atoms with E-state index in [1.807, 2.05) is 6.92 Å². The Bertz CT molecular complexity index is 1180. The van der Waals surface area contributed by atoms with Gasteiger partial charge < -0.3 is 15.0 Å². The van der Waals surface area contributed by atoms with Crippen molar-refractivity contribution in [1.82, 2.24) is 14.9 Å². The number of allylic oxidation sites excluding steroid dienone is 1. The largest absolute Gasteiger partial charge is 0.378 e. The number of halogens is 2. The second kappa shape index (κ2) is 9.46. The van der Waals surface area contributed by atoms with Crippen molar-refractivity contribution in [1.29, 1.82) is 0 Å². The minimum absolute atomic E-state index is 0.129. The topological polar surface area (TPSA) is 67.4 Å². The van der Waals surface area contributed by atoms with E-state index in [1.165, 1.54) is 18.2 Å². The lowest BCUT2D eigenvalue weighted by Crippen LogP contribution is -2.40. The summed E-state index contributed by atoms with van der Waals surface area (Å²) in [5.41, 5.74) is 3.88. The monoisotopic (exact) mass is 452 g/mol. The fraction of sp³-hybridized carbons (Fsp3) is 0.208. The van der Waals surface area contributed by atoms with E-state index < -0.39 is 5.82 Å². The highest BCUT2D eigenvalue weighted by Gasteiger charge is 2.22. The number of aromatic nitrogens is 2. The lowest BCUT2D eigenvalue weighted by Gasteiger charge is -2.27. The van der Waals surface area contributed by atoms with E-state index in [0.29, 0.717) is 54.0 Å². The number of anilines is 2. The van der Waals surface area contributed by atoms with E-state index in [0.717, 1.165) is 11.1 Å². The van der Waals surface area contributed by atoms with Crippen molar-refractivity contribution in [2.24, 2.45) is 0 Å². The molecule has 0 spiro atoms. The molecule has 0 bridgehead atoms. The van der Waals surface area contributed by atoms with Gasteiger partial charge in [0.15, 0.2) is 0 Å². The summed E-state index contributed by atoms with van der Waals surface area (Å²) in [6.07, 6.45) is 4.78. The highest BCUT2D eigenvalue weighted by molar-refractivity contribution is 6.30. The Morgan fingerprint density at radius 1 is 1.16 bits per heavy atom. The molecule has 2 aromatic heterocycles. The van der Waals surface area contributed by atoms with Crippen LogP contribution in [0.5, 0.6) is 0 Å². The number of carbonyl (C=O) groups excluding carboxylic acids is 1. The summed E-state index contributed by atoms with van der Waals surface area (Å²) >= 11 is 6.07. The molecule has 1 aliphatic rings. The van der Waals surface area contributed by atoms with Gasteiger partial charge in [-0.05, 0) is 42.8 Å². The number of hydrogen-bond acceptors (Lipinski definition) is 5. The summed E-state index contributed by atoms with van der Waals surface area (Å²) in [5.74, 6) is -0.557. The molecule has 1 N–H and O–H groups in total. The van der Waals surface area contributed by atoms with Crippen molar-refractivity contribution < 1.29 is 13.9 Å². The molecule has 1 aliphatic heterocycles. The smallest absolute Gasteiger partial charge is 0.257 e. The first-order chi connectivity index (χ1) is 15.4. The van der Waals surface area contributed by atoms with Gasteiger partial charge in [-0.1, -0.05) is 18.2 Å². The lowest BCUT2D eigenvalue weighted by molar-refractivity contribution is 0.0303. The molecule has 0 saturated carbocycles. The van der Waals surface area contributed by atoms with Gasteiger partial charge in [-0.25, -0.2) is 4.39 Å². The standard InChI is InChI=1S/C24H22ClFN4O2/c1-15(2)18-14-28-22(17-11-16(25)3-4-20(17)26)12-23(18)29-21-5-6-27-13-19(21)24(31)30-7-9-32-10-8-30/h3-6,11-14H,1,7-10H2,2H3,(H,27,28,29). The average molecular weight is 453 g/mol. The van der Waals surface area contributed by atoms with Crippen LogP contribution in [0.3, 0.4) is 0 Å². The Kier molecular flexibility index (Phi) is 6.48. The summed E-state index contributed by atoms with van der Waals surface area (Å²) in [4.78, 5) is 23.4.